The molecule has 0 amide bonds. The Hall–Kier alpha value is -2.10. The summed E-state index contributed by atoms with van der Waals surface area (Å²) in [5, 5.41) is 2.71. The molecule has 0 aromatic heterocycles. The first-order valence-corrected chi connectivity index (χ1v) is 7.14. The van der Waals surface area contributed by atoms with E-state index in [0.29, 0.717) is 11.4 Å². The minimum atomic E-state index is -0.711. The number of rotatable bonds is 3. The largest absolute Gasteiger partial charge is 0.451 e. The lowest BCUT2D eigenvalue weighted by Gasteiger charge is -2.17. The second-order valence-corrected chi connectivity index (χ2v) is 5.26. The van der Waals surface area contributed by atoms with Gasteiger partial charge in [-0.15, -0.1) is 0 Å². The van der Waals surface area contributed by atoms with Crippen LogP contribution in [0.5, 0.6) is 11.5 Å². The maximum absolute atomic E-state index is 13.9. The van der Waals surface area contributed by atoms with Crippen LogP contribution in [-0.2, 0) is 12.8 Å². The molecular formula is C17H17F2NO. The van der Waals surface area contributed by atoms with Crippen LogP contribution < -0.4 is 10.1 Å². The van der Waals surface area contributed by atoms with Crippen molar-refractivity contribution >= 4 is 5.69 Å². The number of halogens is 2. The molecule has 0 bridgehead atoms. The highest BCUT2D eigenvalue weighted by Gasteiger charge is 2.15. The van der Waals surface area contributed by atoms with Gasteiger partial charge in [0.1, 0.15) is 5.75 Å². The van der Waals surface area contributed by atoms with Crippen LogP contribution in [0, 0.1) is 11.6 Å². The van der Waals surface area contributed by atoms with Gasteiger partial charge in [0.25, 0.3) is 0 Å². The standard InChI is InChI=1S/C17H17F2NO/c1-20-13-9-15(18)17(16(19)10-13)21-14-7-6-11-4-2-3-5-12(11)8-14/h6-10,20H,2-5H2,1H3. The number of hydrogen-bond acceptors (Lipinski definition) is 2. The molecule has 0 saturated heterocycles. The molecule has 2 aromatic carbocycles. The van der Waals surface area contributed by atoms with Crippen molar-refractivity contribution < 1.29 is 13.5 Å². The van der Waals surface area contributed by atoms with Gasteiger partial charge in [-0.2, -0.15) is 0 Å². The second-order valence-electron chi connectivity index (χ2n) is 5.26. The molecule has 0 spiro atoms. The number of fused-ring (bicyclic) bond motifs is 1. The lowest BCUT2D eigenvalue weighted by atomic mass is 9.92. The quantitative estimate of drug-likeness (QED) is 0.886. The van der Waals surface area contributed by atoms with Crippen molar-refractivity contribution in [2.24, 2.45) is 0 Å². The number of aryl methyl sites for hydroxylation is 2. The van der Waals surface area contributed by atoms with E-state index in [9.17, 15) is 8.78 Å². The number of anilines is 1. The molecule has 1 N–H and O–H groups in total. The van der Waals surface area contributed by atoms with Gasteiger partial charge < -0.3 is 10.1 Å². The maximum atomic E-state index is 13.9. The first-order valence-electron chi connectivity index (χ1n) is 7.14. The van der Waals surface area contributed by atoms with E-state index in [0.717, 1.165) is 19.3 Å². The zero-order valence-corrected chi connectivity index (χ0v) is 11.9. The van der Waals surface area contributed by atoms with Crippen LogP contribution in [-0.4, -0.2) is 7.05 Å². The van der Waals surface area contributed by atoms with Gasteiger partial charge in [0, 0.05) is 24.9 Å². The summed E-state index contributed by atoms with van der Waals surface area (Å²) in [5.74, 6) is -1.30. The first kappa shape index (κ1) is 13.9. The number of ether oxygens (including phenoxy) is 1. The third-order valence-electron chi connectivity index (χ3n) is 3.83. The smallest absolute Gasteiger partial charge is 0.198 e. The summed E-state index contributed by atoms with van der Waals surface area (Å²) in [5.41, 5.74) is 2.90. The fourth-order valence-corrected chi connectivity index (χ4v) is 2.69. The SMILES string of the molecule is CNc1cc(F)c(Oc2ccc3c(c2)CCCC3)c(F)c1. The molecule has 1 aliphatic carbocycles. The van der Waals surface area contributed by atoms with Gasteiger partial charge in [-0.3, -0.25) is 0 Å². The fraction of sp³-hybridized carbons (Fsp3) is 0.294. The Kier molecular flexibility index (Phi) is 3.78. The maximum Gasteiger partial charge on any atom is 0.198 e. The van der Waals surface area contributed by atoms with Crippen LogP contribution in [0.1, 0.15) is 24.0 Å². The zero-order chi connectivity index (χ0) is 14.8. The van der Waals surface area contributed by atoms with Crippen LogP contribution in [0.25, 0.3) is 0 Å². The molecule has 4 heteroatoms. The van der Waals surface area contributed by atoms with Crippen LogP contribution in [0.3, 0.4) is 0 Å². The molecule has 0 unspecified atom stereocenters. The second kappa shape index (κ2) is 5.72. The molecule has 110 valence electrons. The van der Waals surface area contributed by atoms with E-state index in [4.69, 9.17) is 4.74 Å². The van der Waals surface area contributed by atoms with Crippen LogP contribution in [0.2, 0.25) is 0 Å². The first-order chi connectivity index (χ1) is 10.2. The summed E-state index contributed by atoms with van der Waals surface area (Å²) in [7, 11) is 1.61. The summed E-state index contributed by atoms with van der Waals surface area (Å²) in [6.45, 7) is 0. The predicted octanol–water partition coefficient (Wildman–Crippen LogP) is 4.68. The Bertz CT molecular complexity index is 647. The van der Waals surface area contributed by atoms with E-state index in [-0.39, 0.29) is 5.75 Å². The van der Waals surface area contributed by atoms with Gasteiger partial charge in [0.15, 0.2) is 17.4 Å². The van der Waals surface area contributed by atoms with Crippen molar-refractivity contribution in [2.45, 2.75) is 25.7 Å². The zero-order valence-electron chi connectivity index (χ0n) is 11.9. The Morgan fingerprint density at radius 3 is 2.29 bits per heavy atom. The molecular weight excluding hydrogens is 272 g/mol. The minimum Gasteiger partial charge on any atom is -0.451 e. The van der Waals surface area contributed by atoms with E-state index in [1.807, 2.05) is 12.1 Å². The molecule has 0 aliphatic heterocycles. The van der Waals surface area contributed by atoms with Crippen LogP contribution >= 0.6 is 0 Å². The molecule has 0 atom stereocenters. The average molecular weight is 289 g/mol. The Labute approximate surface area is 122 Å². The van der Waals surface area contributed by atoms with E-state index in [2.05, 4.69) is 5.32 Å². The van der Waals surface area contributed by atoms with Gasteiger partial charge in [0.2, 0.25) is 0 Å². The van der Waals surface area contributed by atoms with Crippen LogP contribution in [0.4, 0.5) is 14.5 Å². The van der Waals surface area contributed by atoms with E-state index in [1.54, 1.807) is 13.1 Å². The normalized spacial score (nSPS) is 13.7. The number of benzene rings is 2. The lowest BCUT2D eigenvalue weighted by molar-refractivity contribution is 0.407. The Morgan fingerprint density at radius 2 is 1.62 bits per heavy atom. The van der Waals surface area contributed by atoms with Gasteiger partial charge in [-0.1, -0.05) is 6.07 Å². The summed E-state index contributed by atoms with van der Waals surface area (Å²) < 4.78 is 33.3. The Morgan fingerprint density at radius 1 is 0.952 bits per heavy atom. The van der Waals surface area contributed by atoms with Gasteiger partial charge in [-0.05, 0) is 48.9 Å². The number of nitrogens with one attached hydrogen (secondary N) is 1. The van der Waals surface area contributed by atoms with Gasteiger partial charge in [-0.25, -0.2) is 8.78 Å². The molecule has 2 nitrogen and oxygen atoms in total. The molecule has 21 heavy (non-hydrogen) atoms. The monoisotopic (exact) mass is 289 g/mol. The highest BCUT2D eigenvalue weighted by Crippen LogP contribution is 2.32. The fourth-order valence-electron chi connectivity index (χ4n) is 2.69. The molecule has 2 aromatic rings. The van der Waals surface area contributed by atoms with Crippen molar-refractivity contribution in [3.63, 3.8) is 0 Å². The molecule has 0 radical (unpaired) electrons. The average Bonchev–Trinajstić information content (AvgIpc) is 2.50. The van der Waals surface area contributed by atoms with Crippen molar-refractivity contribution in [3.05, 3.63) is 53.1 Å². The topological polar surface area (TPSA) is 21.3 Å². The highest BCUT2D eigenvalue weighted by molar-refractivity contribution is 5.49. The van der Waals surface area contributed by atoms with Crippen molar-refractivity contribution in [1.29, 1.82) is 0 Å². The molecule has 0 fully saturated rings. The van der Waals surface area contributed by atoms with Crippen molar-refractivity contribution in [3.8, 4) is 11.5 Å². The molecule has 1 aliphatic rings. The van der Waals surface area contributed by atoms with Crippen LogP contribution in [0.15, 0.2) is 30.3 Å². The summed E-state index contributed by atoms with van der Waals surface area (Å²) in [6, 6.07) is 8.09. The van der Waals surface area contributed by atoms with Gasteiger partial charge in [0.05, 0.1) is 0 Å². The predicted molar refractivity (Wildman–Crippen MR) is 79.1 cm³/mol. The Balaban J connectivity index is 1.90. The minimum absolute atomic E-state index is 0.357. The summed E-state index contributed by atoms with van der Waals surface area (Å²) in [6.07, 6.45) is 4.41. The van der Waals surface area contributed by atoms with E-state index >= 15 is 0 Å². The molecule has 0 heterocycles. The number of hydrogen-bond donors (Lipinski definition) is 1. The molecule has 3 rings (SSSR count). The molecule has 0 saturated carbocycles. The van der Waals surface area contributed by atoms with Crippen molar-refractivity contribution in [2.75, 3.05) is 12.4 Å². The highest BCUT2D eigenvalue weighted by atomic mass is 19.1. The van der Waals surface area contributed by atoms with Crippen molar-refractivity contribution in [1.82, 2.24) is 0 Å². The van der Waals surface area contributed by atoms with Gasteiger partial charge >= 0.3 is 0 Å². The summed E-state index contributed by atoms with van der Waals surface area (Å²) in [4.78, 5) is 0. The lowest BCUT2D eigenvalue weighted by Crippen LogP contribution is -2.03. The third-order valence-corrected chi connectivity index (χ3v) is 3.83. The van der Waals surface area contributed by atoms with E-state index < -0.39 is 11.6 Å². The van der Waals surface area contributed by atoms with E-state index in [1.165, 1.54) is 29.7 Å². The summed E-state index contributed by atoms with van der Waals surface area (Å²) >= 11 is 0. The third kappa shape index (κ3) is 2.84.